The molecule has 1 heterocycles. The maximum atomic E-state index is 13.2. The van der Waals surface area contributed by atoms with Crippen LogP contribution in [0.4, 0.5) is 8.78 Å². The first-order chi connectivity index (χ1) is 10.3. The molecule has 2 rings (SSSR count). The molecule has 7 heteroatoms. The average Bonchev–Trinajstić information content (AvgIpc) is 2.80. The van der Waals surface area contributed by atoms with Crippen LogP contribution in [0.5, 0.6) is 0 Å². The number of aliphatic hydroxyl groups is 1. The molecule has 0 saturated carbocycles. The molecule has 0 saturated heterocycles. The lowest BCUT2D eigenvalue weighted by Crippen LogP contribution is -2.37. The minimum atomic E-state index is -1.16. The number of nitrogens with zero attached hydrogens (tertiary/aromatic N) is 2. The van der Waals surface area contributed by atoms with E-state index in [9.17, 15) is 18.7 Å². The van der Waals surface area contributed by atoms with Crippen LogP contribution in [0.15, 0.2) is 24.4 Å². The Labute approximate surface area is 126 Å². The Balaban J connectivity index is 2.10. The molecule has 2 atom stereocenters. The van der Waals surface area contributed by atoms with Gasteiger partial charge in [-0.05, 0) is 31.5 Å². The van der Waals surface area contributed by atoms with Gasteiger partial charge in [-0.1, -0.05) is 6.07 Å². The van der Waals surface area contributed by atoms with Crippen LogP contribution in [-0.4, -0.2) is 26.8 Å². The number of amides is 1. The summed E-state index contributed by atoms with van der Waals surface area (Å²) in [6.07, 6.45) is 0.414. The topological polar surface area (TPSA) is 67.2 Å². The molecule has 5 nitrogen and oxygen atoms in total. The van der Waals surface area contributed by atoms with Crippen LogP contribution in [0.1, 0.15) is 34.6 Å². The predicted octanol–water partition coefficient (Wildman–Crippen LogP) is 1.86. The van der Waals surface area contributed by atoms with E-state index in [-0.39, 0.29) is 11.5 Å². The summed E-state index contributed by atoms with van der Waals surface area (Å²) in [5, 5.41) is 16.8. The van der Waals surface area contributed by atoms with Gasteiger partial charge >= 0.3 is 0 Å². The Kier molecular flexibility index (Phi) is 4.56. The number of aryl methyl sites for hydroxylation is 2. The van der Waals surface area contributed by atoms with E-state index in [1.54, 1.807) is 27.1 Å². The number of hydrogen-bond donors (Lipinski definition) is 2. The molecular formula is C15H17F2N3O2. The fraction of sp³-hybridized carbons (Fsp3) is 0.333. The third-order valence-electron chi connectivity index (χ3n) is 3.38. The van der Waals surface area contributed by atoms with Crippen LogP contribution >= 0.6 is 0 Å². The zero-order chi connectivity index (χ0) is 16.4. The van der Waals surface area contributed by atoms with Gasteiger partial charge in [-0.2, -0.15) is 5.10 Å². The van der Waals surface area contributed by atoms with Crippen molar-refractivity contribution in [3.63, 3.8) is 0 Å². The number of carbonyl (C=O) groups is 1. The van der Waals surface area contributed by atoms with Crippen molar-refractivity contribution in [2.45, 2.75) is 26.0 Å². The Hall–Kier alpha value is -2.28. The van der Waals surface area contributed by atoms with Gasteiger partial charge in [0.05, 0.1) is 23.4 Å². The summed E-state index contributed by atoms with van der Waals surface area (Å²) in [6.45, 7) is 3.28. The lowest BCUT2D eigenvalue weighted by molar-refractivity contribution is 0.0851. The van der Waals surface area contributed by atoms with Crippen molar-refractivity contribution in [2.24, 2.45) is 7.05 Å². The lowest BCUT2D eigenvalue weighted by atomic mass is 10.0. The summed E-state index contributed by atoms with van der Waals surface area (Å²) >= 11 is 0. The van der Waals surface area contributed by atoms with Gasteiger partial charge in [-0.3, -0.25) is 9.48 Å². The van der Waals surface area contributed by atoms with Crippen LogP contribution in [0, 0.1) is 18.6 Å². The summed E-state index contributed by atoms with van der Waals surface area (Å²) in [6, 6.07) is 2.45. The smallest absolute Gasteiger partial charge is 0.255 e. The summed E-state index contributed by atoms with van der Waals surface area (Å²) in [4.78, 5) is 12.1. The van der Waals surface area contributed by atoms with E-state index in [0.29, 0.717) is 11.3 Å². The van der Waals surface area contributed by atoms with Crippen LogP contribution < -0.4 is 5.32 Å². The molecule has 22 heavy (non-hydrogen) atoms. The minimum absolute atomic E-state index is 0.189. The second kappa shape index (κ2) is 6.23. The van der Waals surface area contributed by atoms with E-state index >= 15 is 0 Å². The summed E-state index contributed by atoms with van der Waals surface area (Å²) in [7, 11) is 1.70. The van der Waals surface area contributed by atoms with Crippen molar-refractivity contribution in [1.29, 1.82) is 0 Å². The van der Waals surface area contributed by atoms with Crippen molar-refractivity contribution in [3.8, 4) is 0 Å². The molecule has 1 aromatic heterocycles. The standard InChI is InChI=1S/C15H17F2N3O2/c1-8-11(7-20(3)19-8)15(22)18-9(2)14(21)10-4-5-12(16)13(17)6-10/h4-7,9,14,21H,1-3H3,(H,18,22). The highest BCUT2D eigenvalue weighted by Crippen LogP contribution is 2.19. The third kappa shape index (κ3) is 3.30. The van der Waals surface area contributed by atoms with E-state index in [1.165, 1.54) is 10.7 Å². The average molecular weight is 309 g/mol. The largest absolute Gasteiger partial charge is 0.386 e. The molecule has 2 aromatic rings. The summed E-state index contributed by atoms with van der Waals surface area (Å²) in [5.41, 5.74) is 1.15. The fourth-order valence-corrected chi connectivity index (χ4v) is 2.17. The highest BCUT2D eigenvalue weighted by molar-refractivity contribution is 5.95. The van der Waals surface area contributed by atoms with Gasteiger partial charge < -0.3 is 10.4 Å². The summed E-state index contributed by atoms with van der Waals surface area (Å²) in [5.74, 6) is -2.42. The van der Waals surface area contributed by atoms with Crippen molar-refractivity contribution in [3.05, 3.63) is 52.9 Å². The number of nitrogens with one attached hydrogen (secondary N) is 1. The molecule has 0 radical (unpaired) electrons. The molecule has 118 valence electrons. The summed E-state index contributed by atoms with van der Waals surface area (Å²) < 4.78 is 27.6. The SMILES string of the molecule is Cc1nn(C)cc1C(=O)NC(C)C(O)c1ccc(F)c(F)c1. The molecular weight excluding hydrogens is 292 g/mol. The quantitative estimate of drug-likeness (QED) is 0.906. The van der Waals surface area contributed by atoms with Crippen molar-refractivity contribution in [1.82, 2.24) is 15.1 Å². The Bertz CT molecular complexity index is 700. The van der Waals surface area contributed by atoms with Gasteiger partial charge in [-0.15, -0.1) is 0 Å². The van der Waals surface area contributed by atoms with E-state index < -0.39 is 23.8 Å². The molecule has 0 aliphatic heterocycles. The third-order valence-corrected chi connectivity index (χ3v) is 3.38. The van der Waals surface area contributed by atoms with Crippen molar-refractivity contribution >= 4 is 5.91 Å². The van der Waals surface area contributed by atoms with Gasteiger partial charge in [-0.25, -0.2) is 8.78 Å². The molecule has 0 aliphatic rings. The molecule has 0 fully saturated rings. The molecule has 0 aliphatic carbocycles. The second-order valence-electron chi connectivity index (χ2n) is 5.18. The lowest BCUT2D eigenvalue weighted by Gasteiger charge is -2.20. The van der Waals surface area contributed by atoms with Crippen molar-refractivity contribution < 1.29 is 18.7 Å². The first-order valence-electron chi connectivity index (χ1n) is 6.73. The van der Waals surface area contributed by atoms with Crippen LogP contribution in [0.2, 0.25) is 0 Å². The number of rotatable bonds is 4. The fourth-order valence-electron chi connectivity index (χ4n) is 2.17. The normalized spacial score (nSPS) is 13.7. The van der Waals surface area contributed by atoms with Crippen LogP contribution in [0.25, 0.3) is 0 Å². The Morgan fingerprint density at radius 1 is 1.36 bits per heavy atom. The van der Waals surface area contributed by atoms with Crippen LogP contribution in [-0.2, 0) is 7.05 Å². The van der Waals surface area contributed by atoms with Crippen molar-refractivity contribution in [2.75, 3.05) is 0 Å². The van der Waals surface area contributed by atoms with E-state index in [1.807, 2.05) is 0 Å². The molecule has 0 spiro atoms. The zero-order valence-corrected chi connectivity index (χ0v) is 12.5. The van der Waals surface area contributed by atoms with E-state index in [0.717, 1.165) is 12.1 Å². The molecule has 2 unspecified atom stereocenters. The maximum Gasteiger partial charge on any atom is 0.255 e. The second-order valence-corrected chi connectivity index (χ2v) is 5.18. The Morgan fingerprint density at radius 2 is 2.05 bits per heavy atom. The van der Waals surface area contributed by atoms with Crippen LogP contribution in [0.3, 0.4) is 0 Å². The van der Waals surface area contributed by atoms with E-state index in [4.69, 9.17) is 0 Å². The highest BCUT2D eigenvalue weighted by Gasteiger charge is 2.22. The maximum absolute atomic E-state index is 13.2. The number of benzene rings is 1. The minimum Gasteiger partial charge on any atom is -0.386 e. The number of carbonyl (C=O) groups excluding carboxylic acids is 1. The van der Waals surface area contributed by atoms with Gasteiger partial charge in [0, 0.05) is 13.2 Å². The molecule has 0 bridgehead atoms. The monoisotopic (exact) mass is 309 g/mol. The zero-order valence-electron chi connectivity index (χ0n) is 12.5. The highest BCUT2D eigenvalue weighted by atomic mass is 19.2. The number of aliphatic hydroxyl groups excluding tert-OH is 1. The van der Waals surface area contributed by atoms with E-state index in [2.05, 4.69) is 10.4 Å². The van der Waals surface area contributed by atoms with Gasteiger partial charge in [0.2, 0.25) is 0 Å². The first-order valence-corrected chi connectivity index (χ1v) is 6.73. The molecule has 2 N–H and O–H groups in total. The molecule has 1 aromatic carbocycles. The number of hydrogen-bond acceptors (Lipinski definition) is 3. The predicted molar refractivity (Wildman–Crippen MR) is 76.2 cm³/mol. The van der Waals surface area contributed by atoms with Gasteiger partial charge in [0.15, 0.2) is 11.6 Å². The molecule has 1 amide bonds. The van der Waals surface area contributed by atoms with Gasteiger partial charge in [0.25, 0.3) is 5.91 Å². The Morgan fingerprint density at radius 3 is 2.59 bits per heavy atom. The first kappa shape index (κ1) is 16.1. The van der Waals surface area contributed by atoms with Gasteiger partial charge in [0.1, 0.15) is 0 Å². The number of aromatic nitrogens is 2. The number of halogens is 2.